The van der Waals surface area contributed by atoms with Crippen LogP contribution in [0.2, 0.25) is 0 Å². The van der Waals surface area contributed by atoms with Crippen LogP contribution in [0.15, 0.2) is 41.3 Å². The van der Waals surface area contributed by atoms with Gasteiger partial charge in [-0.05, 0) is 57.5 Å². The van der Waals surface area contributed by atoms with E-state index in [1.54, 1.807) is 37.3 Å². The van der Waals surface area contributed by atoms with Gasteiger partial charge in [-0.2, -0.15) is 0 Å². The van der Waals surface area contributed by atoms with E-state index in [9.17, 15) is 18.3 Å². The Bertz CT molecular complexity index is 919. The van der Waals surface area contributed by atoms with Crippen LogP contribution in [0.5, 0.6) is 0 Å². The van der Waals surface area contributed by atoms with Crippen LogP contribution in [0.3, 0.4) is 0 Å². The molecular formula is C19H24N2O4S. The van der Waals surface area contributed by atoms with Crippen molar-refractivity contribution in [1.29, 1.82) is 0 Å². The molecule has 0 aromatic heterocycles. The van der Waals surface area contributed by atoms with Crippen molar-refractivity contribution >= 4 is 27.4 Å². The Morgan fingerprint density at radius 1 is 1.08 bits per heavy atom. The van der Waals surface area contributed by atoms with Crippen LogP contribution in [-0.4, -0.2) is 32.6 Å². The van der Waals surface area contributed by atoms with E-state index in [1.165, 1.54) is 6.07 Å². The topological polar surface area (TPSA) is 86.7 Å². The fourth-order valence-electron chi connectivity index (χ4n) is 2.92. The number of aryl methyl sites for hydroxylation is 2. The van der Waals surface area contributed by atoms with Crippen molar-refractivity contribution in [2.24, 2.45) is 0 Å². The smallest absolute Gasteiger partial charge is 0.337 e. The first-order valence-corrected chi connectivity index (χ1v) is 9.90. The van der Waals surface area contributed by atoms with E-state index in [4.69, 9.17) is 0 Å². The van der Waals surface area contributed by atoms with Crippen LogP contribution in [0.25, 0.3) is 0 Å². The lowest BCUT2D eigenvalue weighted by Gasteiger charge is -2.23. The molecule has 0 bridgehead atoms. The van der Waals surface area contributed by atoms with Crippen molar-refractivity contribution in [3.63, 3.8) is 0 Å². The van der Waals surface area contributed by atoms with Gasteiger partial charge in [-0.25, -0.2) is 13.2 Å². The molecule has 2 aromatic rings. The van der Waals surface area contributed by atoms with Gasteiger partial charge in [-0.3, -0.25) is 4.72 Å². The lowest BCUT2D eigenvalue weighted by atomic mass is 10.1. The maximum Gasteiger partial charge on any atom is 0.337 e. The fraction of sp³-hybridized carbons (Fsp3) is 0.316. The van der Waals surface area contributed by atoms with E-state index in [0.29, 0.717) is 24.3 Å². The van der Waals surface area contributed by atoms with Gasteiger partial charge in [0.05, 0.1) is 16.1 Å². The summed E-state index contributed by atoms with van der Waals surface area (Å²) in [5.74, 6) is -1.10. The molecule has 0 saturated heterocycles. The molecule has 2 rings (SSSR count). The van der Waals surface area contributed by atoms with Gasteiger partial charge in [-0.1, -0.05) is 17.7 Å². The molecule has 7 heteroatoms. The van der Waals surface area contributed by atoms with Crippen LogP contribution in [0.1, 0.15) is 35.3 Å². The molecule has 2 N–H and O–H groups in total. The summed E-state index contributed by atoms with van der Waals surface area (Å²) < 4.78 is 27.8. The van der Waals surface area contributed by atoms with E-state index in [0.717, 1.165) is 5.56 Å². The third-order valence-electron chi connectivity index (χ3n) is 4.20. The predicted octanol–water partition coefficient (Wildman–Crippen LogP) is 3.65. The second-order valence-corrected chi connectivity index (χ2v) is 7.73. The number of carboxylic acids is 1. The number of rotatable bonds is 7. The monoisotopic (exact) mass is 376 g/mol. The molecule has 6 nitrogen and oxygen atoms in total. The lowest BCUT2D eigenvalue weighted by Crippen LogP contribution is -2.24. The molecule has 26 heavy (non-hydrogen) atoms. The number of hydrogen-bond acceptors (Lipinski definition) is 4. The number of carboxylic acid groups (broad SMARTS) is 1. The zero-order chi connectivity index (χ0) is 19.5. The van der Waals surface area contributed by atoms with Crippen molar-refractivity contribution in [3.8, 4) is 0 Å². The molecule has 2 aromatic carbocycles. The standard InChI is InChI=1S/C19H24N2O4S/c1-5-21(6-2)17-9-8-15(12-16(17)19(22)23)20-26(24,25)18-10-7-13(3)11-14(18)4/h7-12,20H,5-6H2,1-4H3,(H,22,23). The van der Waals surface area contributed by atoms with Crippen molar-refractivity contribution in [3.05, 3.63) is 53.1 Å². The van der Waals surface area contributed by atoms with Gasteiger partial charge in [0.15, 0.2) is 0 Å². The Kier molecular flexibility index (Phi) is 5.92. The van der Waals surface area contributed by atoms with Crippen LogP contribution in [0.4, 0.5) is 11.4 Å². The van der Waals surface area contributed by atoms with Gasteiger partial charge in [-0.15, -0.1) is 0 Å². The molecule has 0 unspecified atom stereocenters. The predicted molar refractivity (Wildman–Crippen MR) is 104 cm³/mol. The van der Waals surface area contributed by atoms with Crippen molar-refractivity contribution < 1.29 is 18.3 Å². The van der Waals surface area contributed by atoms with E-state index in [1.807, 2.05) is 25.7 Å². The molecule has 0 saturated carbocycles. The number of anilines is 2. The molecule has 0 aliphatic carbocycles. The maximum atomic E-state index is 12.7. The van der Waals surface area contributed by atoms with Crippen molar-refractivity contribution in [2.75, 3.05) is 22.7 Å². The zero-order valence-corrected chi connectivity index (χ0v) is 16.2. The Labute approximate surface area is 154 Å². The van der Waals surface area contributed by atoms with Gasteiger partial charge in [0.1, 0.15) is 0 Å². The third kappa shape index (κ3) is 4.16. The quantitative estimate of drug-likeness (QED) is 0.770. The molecule has 0 aliphatic heterocycles. The number of carbonyl (C=O) groups is 1. The average molecular weight is 376 g/mol. The molecule has 0 aliphatic rings. The average Bonchev–Trinajstić information content (AvgIpc) is 2.56. The first kappa shape index (κ1) is 19.8. The van der Waals surface area contributed by atoms with Crippen LogP contribution < -0.4 is 9.62 Å². The summed E-state index contributed by atoms with van der Waals surface area (Å²) >= 11 is 0. The van der Waals surface area contributed by atoms with E-state index < -0.39 is 16.0 Å². The summed E-state index contributed by atoms with van der Waals surface area (Å²) in [7, 11) is -3.80. The highest BCUT2D eigenvalue weighted by molar-refractivity contribution is 7.92. The van der Waals surface area contributed by atoms with E-state index >= 15 is 0 Å². The second kappa shape index (κ2) is 7.78. The van der Waals surface area contributed by atoms with Crippen LogP contribution >= 0.6 is 0 Å². The van der Waals surface area contributed by atoms with Crippen LogP contribution in [0, 0.1) is 13.8 Å². The molecule has 140 valence electrons. The normalized spacial score (nSPS) is 11.2. The lowest BCUT2D eigenvalue weighted by molar-refractivity contribution is 0.0697. The van der Waals surface area contributed by atoms with Gasteiger partial charge in [0.25, 0.3) is 10.0 Å². The molecule has 0 radical (unpaired) electrons. The molecule has 0 spiro atoms. The number of nitrogens with zero attached hydrogens (tertiary/aromatic N) is 1. The summed E-state index contributed by atoms with van der Waals surface area (Å²) in [4.78, 5) is 13.7. The second-order valence-electron chi connectivity index (χ2n) is 6.08. The first-order valence-electron chi connectivity index (χ1n) is 8.42. The summed E-state index contributed by atoms with van der Waals surface area (Å²) in [5, 5.41) is 9.52. The van der Waals surface area contributed by atoms with Gasteiger partial charge >= 0.3 is 5.97 Å². The minimum absolute atomic E-state index is 0.0644. The minimum Gasteiger partial charge on any atom is -0.478 e. The summed E-state index contributed by atoms with van der Waals surface area (Å²) in [6, 6.07) is 9.65. The van der Waals surface area contributed by atoms with Gasteiger partial charge < -0.3 is 10.0 Å². The third-order valence-corrected chi connectivity index (χ3v) is 5.74. The molecule has 0 atom stereocenters. The highest BCUT2D eigenvalue weighted by atomic mass is 32.2. The zero-order valence-electron chi connectivity index (χ0n) is 15.4. The molecule has 0 fully saturated rings. The highest BCUT2D eigenvalue weighted by Gasteiger charge is 2.20. The minimum atomic E-state index is -3.80. The SMILES string of the molecule is CCN(CC)c1ccc(NS(=O)(=O)c2ccc(C)cc2C)cc1C(=O)O. The van der Waals surface area contributed by atoms with Gasteiger partial charge in [0.2, 0.25) is 0 Å². The number of sulfonamides is 1. The van der Waals surface area contributed by atoms with Crippen molar-refractivity contribution in [2.45, 2.75) is 32.6 Å². The summed E-state index contributed by atoms with van der Waals surface area (Å²) in [6.07, 6.45) is 0. The van der Waals surface area contributed by atoms with Crippen LogP contribution in [-0.2, 0) is 10.0 Å². The number of nitrogens with one attached hydrogen (secondary N) is 1. The number of hydrogen-bond donors (Lipinski definition) is 2. The first-order chi connectivity index (χ1) is 12.2. The Balaban J connectivity index is 2.43. The molecule has 0 amide bonds. The highest BCUT2D eigenvalue weighted by Crippen LogP contribution is 2.27. The summed E-state index contributed by atoms with van der Waals surface area (Å²) in [5.41, 5.74) is 2.46. The largest absolute Gasteiger partial charge is 0.478 e. The number of benzene rings is 2. The molecule has 0 heterocycles. The Morgan fingerprint density at radius 3 is 2.27 bits per heavy atom. The summed E-state index contributed by atoms with van der Waals surface area (Å²) in [6.45, 7) is 8.81. The van der Waals surface area contributed by atoms with E-state index in [2.05, 4.69) is 4.72 Å². The Hall–Kier alpha value is -2.54. The fourth-order valence-corrected chi connectivity index (χ4v) is 4.20. The van der Waals surface area contributed by atoms with Gasteiger partial charge in [0, 0.05) is 18.8 Å². The van der Waals surface area contributed by atoms with Crippen molar-refractivity contribution in [1.82, 2.24) is 0 Å². The number of aromatic carboxylic acids is 1. The van der Waals surface area contributed by atoms with E-state index in [-0.39, 0.29) is 16.1 Å². The molecular weight excluding hydrogens is 352 g/mol. The Morgan fingerprint density at radius 2 is 1.73 bits per heavy atom. The maximum absolute atomic E-state index is 12.7.